The normalized spacial score (nSPS) is 13.9. The van der Waals surface area contributed by atoms with Gasteiger partial charge in [-0.25, -0.2) is 0 Å². The minimum Gasteiger partial charge on any atom is -0.465 e. The summed E-state index contributed by atoms with van der Waals surface area (Å²) in [5, 5.41) is 0. The molecule has 0 aliphatic carbocycles. The summed E-state index contributed by atoms with van der Waals surface area (Å²) < 4.78 is 15.2. The van der Waals surface area contributed by atoms with Crippen LogP contribution in [0.25, 0.3) is 0 Å². The summed E-state index contributed by atoms with van der Waals surface area (Å²) in [7, 11) is 0.00664. The van der Waals surface area contributed by atoms with Crippen molar-refractivity contribution in [3.8, 4) is 0 Å². The molecule has 0 bridgehead atoms. The van der Waals surface area contributed by atoms with E-state index in [1.165, 1.54) is 0 Å². The lowest BCUT2D eigenvalue weighted by atomic mass is 9.86. The zero-order chi connectivity index (χ0) is 11.9. The highest BCUT2D eigenvalue weighted by Crippen LogP contribution is 2.24. The highest BCUT2D eigenvalue weighted by Gasteiger charge is 2.16. The van der Waals surface area contributed by atoms with Gasteiger partial charge in [0.25, 0.3) is 0 Å². The van der Waals surface area contributed by atoms with Crippen LogP contribution in [0, 0.1) is 11.3 Å². The van der Waals surface area contributed by atoms with Crippen LogP contribution in [0.1, 0.15) is 40.5 Å². The van der Waals surface area contributed by atoms with Gasteiger partial charge in [-0.2, -0.15) is 0 Å². The van der Waals surface area contributed by atoms with E-state index >= 15 is 0 Å². The molecule has 0 aliphatic heterocycles. The molecule has 0 fully saturated rings. The largest absolute Gasteiger partial charge is 0.465 e. The molecule has 0 N–H and O–H groups in total. The predicted octanol–water partition coefficient (Wildman–Crippen LogP) is 3.28. The molecule has 15 heavy (non-hydrogen) atoms. The Morgan fingerprint density at radius 2 is 2.00 bits per heavy atom. The third-order valence-corrected chi connectivity index (χ3v) is 2.30. The molecule has 0 saturated carbocycles. The van der Waals surface area contributed by atoms with E-state index in [1.54, 1.807) is 0 Å². The lowest BCUT2D eigenvalue weighted by Gasteiger charge is -2.22. The average molecular weight is 232 g/mol. The zero-order valence-corrected chi connectivity index (χ0v) is 11.0. The standard InChI is InChI=1S/C11H21O3P/c1-9(7-11(2,3)4)8-14-10(12)5-6-15-13/h9H,5-8H2,1-4H3. The van der Waals surface area contributed by atoms with Crippen molar-refractivity contribution < 1.29 is 14.1 Å². The summed E-state index contributed by atoms with van der Waals surface area (Å²) in [6.45, 7) is 9.04. The maximum absolute atomic E-state index is 11.1. The molecule has 1 unspecified atom stereocenters. The third kappa shape index (κ3) is 9.86. The Labute approximate surface area is 93.8 Å². The first-order valence-corrected chi connectivity index (χ1v) is 6.29. The smallest absolute Gasteiger partial charge is 0.306 e. The number of esters is 1. The monoisotopic (exact) mass is 232 g/mol. The van der Waals surface area contributed by atoms with E-state index in [0.29, 0.717) is 18.7 Å². The first-order chi connectivity index (χ1) is 6.85. The van der Waals surface area contributed by atoms with Crippen molar-refractivity contribution in [3.63, 3.8) is 0 Å². The van der Waals surface area contributed by atoms with E-state index in [4.69, 9.17) is 4.74 Å². The van der Waals surface area contributed by atoms with Gasteiger partial charge in [-0.3, -0.25) is 9.36 Å². The van der Waals surface area contributed by atoms with Gasteiger partial charge in [0, 0.05) is 6.16 Å². The van der Waals surface area contributed by atoms with Crippen molar-refractivity contribution in [1.82, 2.24) is 0 Å². The number of hydrogen-bond acceptors (Lipinski definition) is 3. The molecule has 4 heteroatoms. The van der Waals surface area contributed by atoms with Crippen LogP contribution < -0.4 is 0 Å². The van der Waals surface area contributed by atoms with Crippen LogP contribution in [0.15, 0.2) is 0 Å². The molecule has 0 aromatic heterocycles. The molecule has 0 aliphatic rings. The van der Waals surface area contributed by atoms with E-state index in [-0.39, 0.29) is 26.3 Å². The summed E-state index contributed by atoms with van der Waals surface area (Å²) in [5.74, 6) is 0.123. The molecule has 88 valence electrons. The fourth-order valence-corrected chi connectivity index (χ4v) is 1.82. The fourth-order valence-electron chi connectivity index (χ4n) is 1.55. The van der Waals surface area contributed by atoms with Gasteiger partial charge in [-0.15, -0.1) is 0 Å². The molecule has 0 saturated heterocycles. The van der Waals surface area contributed by atoms with Crippen molar-refractivity contribution in [2.45, 2.75) is 40.5 Å². The number of carbonyl (C=O) groups excluding carboxylic acids is 1. The van der Waals surface area contributed by atoms with Crippen molar-refractivity contribution in [1.29, 1.82) is 0 Å². The van der Waals surface area contributed by atoms with Crippen LogP contribution >= 0.6 is 8.46 Å². The molecular weight excluding hydrogens is 211 g/mol. The highest BCUT2D eigenvalue weighted by molar-refractivity contribution is 7.23. The maximum atomic E-state index is 11.1. The van der Waals surface area contributed by atoms with Crippen molar-refractivity contribution in [3.05, 3.63) is 0 Å². The molecule has 0 aromatic rings. The first-order valence-electron chi connectivity index (χ1n) is 5.30. The second-order valence-corrected chi connectivity index (χ2v) is 5.86. The van der Waals surface area contributed by atoms with Gasteiger partial charge in [0.1, 0.15) is 0 Å². The Bertz CT molecular complexity index is 208. The van der Waals surface area contributed by atoms with Gasteiger partial charge in [0.15, 0.2) is 8.46 Å². The van der Waals surface area contributed by atoms with Crippen LogP contribution in [0.4, 0.5) is 0 Å². The van der Waals surface area contributed by atoms with Gasteiger partial charge in [-0.05, 0) is 17.8 Å². The van der Waals surface area contributed by atoms with Crippen LogP contribution in [-0.4, -0.2) is 18.7 Å². The number of ether oxygens (including phenoxy) is 1. The zero-order valence-electron chi connectivity index (χ0n) is 10.1. The topological polar surface area (TPSA) is 43.4 Å². The molecule has 0 aromatic carbocycles. The first kappa shape index (κ1) is 14.6. The SMILES string of the molecule is CC(COC(=O)CCP=O)CC(C)(C)C. The summed E-state index contributed by atoms with van der Waals surface area (Å²) in [5.41, 5.74) is 0.263. The molecule has 0 rings (SSSR count). The Hall–Kier alpha value is -0.430. The van der Waals surface area contributed by atoms with Crippen molar-refractivity contribution in [2.24, 2.45) is 11.3 Å². The quantitative estimate of drug-likeness (QED) is 0.521. The second kappa shape index (κ2) is 6.95. The lowest BCUT2D eigenvalue weighted by molar-refractivity contribution is -0.144. The van der Waals surface area contributed by atoms with Crippen molar-refractivity contribution >= 4 is 14.4 Å². The summed E-state index contributed by atoms with van der Waals surface area (Å²) in [4.78, 5) is 11.1. The van der Waals surface area contributed by atoms with Gasteiger partial charge in [0.05, 0.1) is 13.0 Å². The molecule has 1 atom stereocenters. The maximum Gasteiger partial charge on any atom is 0.306 e. The Kier molecular flexibility index (Phi) is 6.75. The van der Waals surface area contributed by atoms with Gasteiger partial charge in [0.2, 0.25) is 0 Å². The van der Waals surface area contributed by atoms with Crippen LogP contribution in [0.3, 0.4) is 0 Å². The molecule has 0 spiro atoms. The van der Waals surface area contributed by atoms with Gasteiger partial charge in [-0.1, -0.05) is 27.7 Å². The lowest BCUT2D eigenvalue weighted by Crippen LogP contribution is -2.17. The minimum absolute atomic E-state index is 0.00664. The summed E-state index contributed by atoms with van der Waals surface area (Å²) in [6.07, 6.45) is 1.62. The van der Waals surface area contributed by atoms with E-state index < -0.39 is 0 Å². The number of carbonyl (C=O) groups is 1. The van der Waals surface area contributed by atoms with E-state index in [2.05, 4.69) is 27.7 Å². The second-order valence-electron chi connectivity index (χ2n) is 5.16. The van der Waals surface area contributed by atoms with E-state index in [1.807, 2.05) is 0 Å². The Morgan fingerprint density at radius 1 is 1.40 bits per heavy atom. The minimum atomic E-state index is -0.251. The molecule has 0 amide bonds. The number of hydrogen-bond donors (Lipinski definition) is 0. The average Bonchev–Trinajstić information content (AvgIpc) is 2.08. The fraction of sp³-hybridized carbons (Fsp3) is 0.909. The van der Waals surface area contributed by atoms with Gasteiger partial charge < -0.3 is 4.74 Å². The molecular formula is C11H21O3P. The van der Waals surface area contributed by atoms with Crippen LogP contribution in [0.5, 0.6) is 0 Å². The van der Waals surface area contributed by atoms with Crippen LogP contribution in [-0.2, 0) is 14.1 Å². The molecule has 0 radical (unpaired) electrons. The summed E-state index contributed by atoms with van der Waals surface area (Å²) >= 11 is 0. The van der Waals surface area contributed by atoms with E-state index in [0.717, 1.165) is 6.42 Å². The van der Waals surface area contributed by atoms with Crippen molar-refractivity contribution in [2.75, 3.05) is 12.8 Å². The Balaban J connectivity index is 3.66. The predicted molar refractivity (Wildman–Crippen MR) is 61.3 cm³/mol. The third-order valence-electron chi connectivity index (χ3n) is 1.90. The highest BCUT2D eigenvalue weighted by atomic mass is 31.1. The van der Waals surface area contributed by atoms with E-state index in [9.17, 15) is 9.36 Å². The summed E-state index contributed by atoms with van der Waals surface area (Å²) in [6, 6.07) is 0. The molecule has 0 heterocycles. The molecule has 3 nitrogen and oxygen atoms in total. The Morgan fingerprint density at radius 3 is 2.47 bits per heavy atom. The number of rotatable bonds is 6. The van der Waals surface area contributed by atoms with Gasteiger partial charge >= 0.3 is 5.97 Å². The van der Waals surface area contributed by atoms with Crippen LogP contribution in [0.2, 0.25) is 0 Å².